The Kier molecular flexibility index (Phi) is 6.11. The van der Waals surface area contributed by atoms with Crippen molar-refractivity contribution < 1.29 is 23.9 Å². The van der Waals surface area contributed by atoms with Crippen LogP contribution in [0, 0.1) is 10.1 Å². The first-order chi connectivity index (χ1) is 13.9. The number of hydrogen-bond acceptors (Lipinski definition) is 7. The van der Waals surface area contributed by atoms with Gasteiger partial charge in [-0.05, 0) is 45.1 Å². The molecule has 152 valence electrons. The van der Waals surface area contributed by atoms with E-state index in [-0.39, 0.29) is 29.7 Å². The van der Waals surface area contributed by atoms with E-state index < -0.39 is 10.9 Å². The predicted octanol–water partition coefficient (Wildman–Crippen LogP) is 4.06. The highest BCUT2D eigenvalue weighted by Gasteiger charge is 2.22. The topological polar surface area (TPSA) is 101 Å². The van der Waals surface area contributed by atoms with Gasteiger partial charge in [-0.25, -0.2) is 9.78 Å². The number of pyridine rings is 1. The highest BCUT2D eigenvalue weighted by Crippen LogP contribution is 2.36. The lowest BCUT2D eigenvalue weighted by molar-refractivity contribution is -0.385. The number of ether oxygens (including phenoxy) is 3. The molecule has 3 rings (SSSR count). The maximum Gasteiger partial charge on any atom is 0.340 e. The maximum absolute atomic E-state index is 12.2. The average Bonchev–Trinajstić information content (AvgIpc) is 3.05. The zero-order chi connectivity index (χ0) is 21.0. The van der Waals surface area contributed by atoms with E-state index in [2.05, 4.69) is 4.98 Å². The number of nitrogens with zero attached hydrogens (tertiary/aromatic N) is 2. The highest BCUT2D eigenvalue weighted by molar-refractivity contribution is 5.94. The standard InChI is InChI=1S/C21H22N2O6/c1-4-27-19-10-15-8-13(3)29-20(15)9-14(19)6-7-18-17(21(24)28-5-2)11-16(12-22-18)23(25)26/h6-7,9-13H,4-5,8H2,1-3H3/b7-6+/t13-/m0/s1. The van der Waals surface area contributed by atoms with E-state index in [4.69, 9.17) is 14.2 Å². The number of carbonyl (C=O) groups excluding carboxylic acids is 1. The van der Waals surface area contributed by atoms with Crippen LogP contribution in [0.1, 0.15) is 48.0 Å². The number of benzene rings is 1. The third kappa shape index (κ3) is 4.53. The summed E-state index contributed by atoms with van der Waals surface area (Å²) in [7, 11) is 0. The van der Waals surface area contributed by atoms with Gasteiger partial charge in [0.1, 0.15) is 23.8 Å². The average molecular weight is 398 g/mol. The molecule has 2 aromatic rings. The molecule has 1 atom stereocenters. The zero-order valence-corrected chi connectivity index (χ0v) is 16.5. The Hall–Kier alpha value is -3.42. The van der Waals surface area contributed by atoms with Crippen LogP contribution in [0.25, 0.3) is 12.2 Å². The van der Waals surface area contributed by atoms with E-state index >= 15 is 0 Å². The van der Waals surface area contributed by atoms with Crippen LogP contribution < -0.4 is 9.47 Å². The minimum absolute atomic E-state index is 0.0290. The fourth-order valence-corrected chi connectivity index (χ4v) is 3.10. The van der Waals surface area contributed by atoms with Gasteiger partial charge in [-0.2, -0.15) is 0 Å². The van der Waals surface area contributed by atoms with Crippen LogP contribution in [-0.2, 0) is 11.2 Å². The van der Waals surface area contributed by atoms with Crippen LogP contribution >= 0.6 is 0 Å². The summed E-state index contributed by atoms with van der Waals surface area (Å²) in [5.41, 5.74) is 1.86. The van der Waals surface area contributed by atoms with Crippen molar-refractivity contribution in [1.82, 2.24) is 4.98 Å². The number of hydrogen-bond donors (Lipinski definition) is 0. The van der Waals surface area contributed by atoms with Crippen LogP contribution in [0.15, 0.2) is 24.4 Å². The normalized spacial score (nSPS) is 15.1. The van der Waals surface area contributed by atoms with Crippen molar-refractivity contribution in [2.45, 2.75) is 33.3 Å². The van der Waals surface area contributed by atoms with Gasteiger partial charge in [-0.1, -0.05) is 0 Å². The Balaban J connectivity index is 2.00. The molecule has 0 aliphatic carbocycles. The van der Waals surface area contributed by atoms with Crippen LogP contribution in [0.2, 0.25) is 0 Å². The van der Waals surface area contributed by atoms with E-state index in [0.29, 0.717) is 12.4 Å². The number of carbonyl (C=O) groups is 1. The molecular weight excluding hydrogens is 376 g/mol. The molecule has 0 N–H and O–H groups in total. The molecular formula is C21H22N2O6. The van der Waals surface area contributed by atoms with Crippen molar-refractivity contribution in [2.24, 2.45) is 0 Å². The summed E-state index contributed by atoms with van der Waals surface area (Å²) < 4.78 is 16.6. The minimum Gasteiger partial charge on any atom is -0.493 e. The molecule has 8 nitrogen and oxygen atoms in total. The Morgan fingerprint density at radius 3 is 2.79 bits per heavy atom. The molecule has 1 aromatic heterocycles. The lowest BCUT2D eigenvalue weighted by atomic mass is 10.1. The van der Waals surface area contributed by atoms with Gasteiger partial charge >= 0.3 is 5.97 Å². The lowest BCUT2D eigenvalue weighted by Crippen LogP contribution is -2.08. The smallest absolute Gasteiger partial charge is 0.340 e. The Bertz CT molecular complexity index is 970. The fraction of sp³-hybridized carbons (Fsp3) is 0.333. The number of rotatable bonds is 7. The van der Waals surface area contributed by atoms with Gasteiger partial charge in [0, 0.05) is 23.6 Å². The number of fused-ring (bicyclic) bond motifs is 1. The van der Waals surface area contributed by atoms with Gasteiger partial charge in [0.25, 0.3) is 5.69 Å². The van der Waals surface area contributed by atoms with Crippen molar-refractivity contribution in [3.63, 3.8) is 0 Å². The molecule has 0 unspecified atom stereocenters. The third-order valence-electron chi connectivity index (χ3n) is 4.36. The van der Waals surface area contributed by atoms with E-state index in [1.807, 2.05) is 26.0 Å². The summed E-state index contributed by atoms with van der Waals surface area (Å²) in [6.07, 6.45) is 5.38. The SMILES string of the molecule is CCOC(=O)c1cc([N+](=O)[O-])cnc1/C=C/c1cc2c(cc1OCC)C[C@H](C)O2. The molecule has 2 heterocycles. The summed E-state index contributed by atoms with van der Waals surface area (Å²) in [5.74, 6) is 0.821. The Labute approximate surface area is 168 Å². The largest absolute Gasteiger partial charge is 0.493 e. The quantitative estimate of drug-likeness (QED) is 0.394. The van der Waals surface area contributed by atoms with Gasteiger partial charge in [-0.3, -0.25) is 10.1 Å². The van der Waals surface area contributed by atoms with E-state index in [0.717, 1.165) is 29.5 Å². The van der Waals surface area contributed by atoms with Gasteiger partial charge in [-0.15, -0.1) is 0 Å². The van der Waals surface area contributed by atoms with E-state index in [1.165, 1.54) is 6.07 Å². The molecule has 0 spiro atoms. The summed E-state index contributed by atoms with van der Waals surface area (Å²) in [6, 6.07) is 5.01. The van der Waals surface area contributed by atoms with Gasteiger partial charge in [0.2, 0.25) is 0 Å². The molecule has 1 aliphatic rings. The molecule has 0 radical (unpaired) electrons. The van der Waals surface area contributed by atoms with Gasteiger partial charge in [0.15, 0.2) is 0 Å². The molecule has 0 saturated heterocycles. The summed E-state index contributed by atoms with van der Waals surface area (Å²) in [5, 5.41) is 11.0. The number of nitro groups is 1. The van der Waals surface area contributed by atoms with Crippen LogP contribution in [0.4, 0.5) is 5.69 Å². The molecule has 1 aromatic carbocycles. The maximum atomic E-state index is 12.2. The summed E-state index contributed by atoms with van der Waals surface area (Å²) >= 11 is 0. The second kappa shape index (κ2) is 8.72. The molecule has 0 bridgehead atoms. The summed E-state index contributed by atoms with van der Waals surface area (Å²) in [4.78, 5) is 26.8. The van der Waals surface area contributed by atoms with Crippen molar-refractivity contribution in [2.75, 3.05) is 13.2 Å². The first-order valence-corrected chi connectivity index (χ1v) is 9.38. The Morgan fingerprint density at radius 2 is 2.10 bits per heavy atom. The number of aromatic nitrogens is 1. The second-order valence-corrected chi connectivity index (χ2v) is 6.50. The lowest BCUT2D eigenvalue weighted by Gasteiger charge is -2.10. The van der Waals surface area contributed by atoms with Crippen LogP contribution in [0.5, 0.6) is 11.5 Å². The van der Waals surface area contributed by atoms with Crippen molar-refractivity contribution >= 4 is 23.8 Å². The Morgan fingerprint density at radius 1 is 1.31 bits per heavy atom. The first-order valence-electron chi connectivity index (χ1n) is 9.38. The monoisotopic (exact) mass is 398 g/mol. The van der Waals surface area contributed by atoms with Crippen molar-refractivity contribution in [3.05, 3.63) is 56.9 Å². The molecule has 0 fully saturated rings. The first kappa shape index (κ1) is 20.3. The zero-order valence-electron chi connectivity index (χ0n) is 16.5. The molecule has 0 saturated carbocycles. The summed E-state index contributed by atoms with van der Waals surface area (Å²) in [6.45, 7) is 6.22. The van der Waals surface area contributed by atoms with Gasteiger partial charge < -0.3 is 14.2 Å². The highest BCUT2D eigenvalue weighted by atomic mass is 16.6. The van der Waals surface area contributed by atoms with Crippen LogP contribution in [0.3, 0.4) is 0 Å². The van der Waals surface area contributed by atoms with Crippen molar-refractivity contribution in [3.8, 4) is 11.5 Å². The number of esters is 1. The van der Waals surface area contributed by atoms with E-state index in [1.54, 1.807) is 19.1 Å². The fourth-order valence-electron chi connectivity index (χ4n) is 3.10. The molecule has 8 heteroatoms. The molecule has 1 aliphatic heterocycles. The van der Waals surface area contributed by atoms with Crippen molar-refractivity contribution in [1.29, 1.82) is 0 Å². The molecule has 29 heavy (non-hydrogen) atoms. The van der Waals surface area contributed by atoms with Crippen LogP contribution in [-0.4, -0.2) is 35.2 Å². The predicted molar refractivity (Wildman–Crippen MR) is 107 cm³/mol. The second-order valence-electron chi connectivity index (χ2n) is 6.50. The third-order valence-corrected chi connectivity index (χ3v) is 4.36. The van der Waals surface area contributed by atoms with Gasteiger partial charge in [0.05, 0.1) is 29.4 Å². The van der Waals surface area contributed by atoms with E-state index in [9.17, 15) is 14.9 Å². The molecule has 0 amide bonds. The minimum atomic E-state index is -0.667.